The average Bonchev–Trinajstić information content (AvgIpc) is 2.77. The molecular formula is C14H26N2. The fraction of sp³-hybridized carbons (Fsp3) is 1.00. The minimum absolute atomic E-state index is 0.973. The SMILES string of the molecule is CC1CCCC(CN2CC3CNCC3C2)C1. The van der Waals surface area contributed by atoms with E-state index in [9.17, 15) is 0 Å². The van der Waals surface area contributed by atoms with E-state index in [1.165, 1.54) is 58.4 Å². The summed E-state index contributed by atoms with van der Waals surface area (Å²) in [5, 5.41) is 3.53. The summed E-state index contributed by atoms with van der Waals surface area (Å²) in [6, 6.07) is 0. The predicted molar refractivity (Wildman–Crippen MR) is 67.4 cm³/mol. The summed E-state index contributed by atoms with van der Waals surface area (Å²) < 4.78 is 0. The van der Waals surface area contributed by atoms with Crippen LogP contribution in [0.1, 0.15) is 32.6 Å². The van der Waals surface area contributed by atoms with E-state index in [2.05, 4.69) is 17.1 Å². The molecule has 16 heavy (non-hydrogen) atoms. The van der Waals surface area contributed by atoms with Gasteiger partial charge >= 0.3 is 0 Å². The van der Waals surface area contributed by atoms with Gasteiger partial charge in [0.1, 0.15) is 0 Å². The highest BCUT2D eigenvalue weighted by molar-refractivity contribution is 4.91. The lowest BCUT2D eigenvalue weighted by Gasteiger charge is -2.30. The number of fused-ring (bicyclic) bond motifs is 1. The molecule has 0 spiro atoms. The second-order valence-electron chi connectivity index (χ2n) is 6.53. The van der Waals surface area contributed by atoms with Gasteiger partial charge in [-0.25, -0.2) is 0 Å². The quantitative estimate of drug-likeness (QED) is 0.768. The van der Waals surface area contributed by atoms with Gasteiger partial charge in [0.15, 0.2) is 0 Å². The van der Waals surface area contributed by atoms with Crippen molar-refractivity contribution in [1.82, 2.24) is 10.2 Å². The smallest absolute Gasteiger partial charge is 0.00257 e. The number of nitrogens with zero attached hydrogens (tertiary/aromatic N) is 1. The Bertz CT molecular complexity index is 229. The van der Waals surface area contributed by atoms with E-state index in [0.717, 1.165) is 23.7 Å². The van der Waals surface area contributed by atoms with E-state index < -0.39 is 0 Å². The molecule has 0 aromatic heterocycles. The van der Waals surface area contributed by atoms with E-state index >= 15 is 0 Å². The lowest BCUT2D eigenvalue weighted by molar-refractivity contribution is 0.196. The van der Waals surface area contributed by atoms with Gasteiger partial charge in [0, 0.05) is 19.6 Å². The highest BCUT2D eigenvalue weighted by Gasteiger charge is 2.36. The first kappa shape index (κ1) is 11.0. The third-order valence-corrected chi connectivity index (χ3v) is 5.03. The first-order chi connectivity index (χ1) is 7.81. The van der Waals surface area contributed by atoms with E-state index in [0.29, 0.717) is 0 Å². The Morgan fingerprint density at radius 2 is 1.88 bits per heavy atom. The van der Waals surface area contributed by atoms with Crippen LogP contribution in [0.4, 0.5) is 0 Å². The Kier molecular flexibility index (Phi) is 3.21. The van der Waals surface area contributed by atoms with Crippen LogP contribution in [0, 0.1) is 23.7 Å². The summed E-state index contributed by atoms with van der Waals surface area (Å²) in [6.07, 6.45) is 5.94. The second kappa shape index (κ2) is 4.66. The first-order valence-corrected chi connectivity index (χ1v) is 7.24. The van der Waals surface area contributed by atoms with Gasteiger partial charge in [-0.3, -0.25) is 0 Å². The molecule has 0 bridgehead atoms. The molecule has 1 N–H and O–H groups in total. The van der Waals surface area contributed by atoms with Crippen LogP contribution < -0.4 is 5.32 Å². The maximum absolute atomic E-state index is 3.53. The summed E-state index contributed by atoms with van der Waals surface area (Å²) in [5.74, 6) is 3.94. The van der Waals surface area contributed by atoms with Gasteiger partial charge in [-0.1, -0.05) is 19.8 Å². The molecule has 2 aliphatic heterocycles. The molecular weight excluding hydrogens is 196 g/mol. The number of nitrogens with one attached hydrogen (secondary N) is 1. The van der Waals surface area contributed by atoms with Gasteiger partial charge in [-0.15, -0.1) is 0 Å². The molecule has 2 heteroatoms. The topological polar surface area (TPSA) is 15.3 Å². The average molecular weight is 222 g/mol. The van der Waals surface area contributed by atoms with Crippen molar-refractivity contribution in [2.75, 3.05) is 32.7 Å². The Labute approximate surface area is 99.8 Å². The van der Waals surface area contributed by atoms with Crippen molar-refractivity contribution in [3.63, 3.8) is 0 Å². The van der Waals surface area contributed by atoms with E-state index in [4.69, 9.17) is 0 Å². The fourth-order valence-electron chi connectivity index (χ4n) is 4.19. The van der Waals surface area contributed by atoms with Crippen LogP contribution in [0.15, 0.2) is 0 Å². The van der Waals surface area contributed by atoms with Crippen LogP contribution in [0.2, 0.25) is 0 Å². The van der Waals surface area contributed by atoms with Crippen LogP contribution in [-0.2, 0) is 0 Å². The van der Waals surface area contributed by atoms with Crippen molar-refractivity contribution >= 4 is 0 Å². The first-order valence-electron chi connectivity index (χ1n) is 7.24. The maximum Gasteiger partial charge on any atom is 0.00257 e. The zero-order valence-corrected chi connectivity index (χ0v) is 10.6. The molecule has 1 saturated carbocycles. The summed E-state index contributed by atoms with van der Waals surface area (Å²) in [7, 11) is 0. The van der Waals surface area contributed by atoms with Crippen LogP contribution in [0.5, 0.6) is 0 Å². The van der Waals surface area contributed by atoms with Crippen molar-refractivity contribution in [3.8, 4) is 0 Å². The van der Waals surface area contributed by atoms with E-state index in [-0.39, 0.29) is 0 Å². The summed E-state index contributed by atoms with van der Waals surface area (Å²) >= 11 is 0. The van der Waals surface area contributed by atoms with Crippen molar-refractivity contribution in [2.24, 2.45) is 23.7 Å². The molecule has 2 saturated heterocycles. The maximum atomic E-state index is 3.53. The highest BCUT2D eigenvalue weighted by atomic mass is 15.2. The van der Waals surface area contributed by atoms with Crippen LogP contribution >= 0.6 is 0 Å². The number of hydrogen-bond acceptors (Lipinski definition) is 2. The molecule has 4 atom stereocenters. The van der Waals surface area contributed by atoms with Gasteiger partial charge in [0.05, 0.1) is 0 Å². The van der Waals surface area contributed by atoms with E-state index in [1.54, 1.807) is 0 Å². The molecule has 3 fully saturated rings. The molecule has 3 rings (SSSR count). The lowest BCUT2D eigenvalue weighted by Crippen LogP contribution is -2.32. The summed E-state index contributed by atoms with van der Waals surface area (Å²) in [4.78, 5) is 2.76. The van der Waals surface area contributed by atoms with Crippen LogP contribution in [-0.4, -0.2) is 37.6 Å². The molecule has 92 valence electrons. The molecule has 0 aromatic carbocycles. The predicted octanol–water partition coefficient (Wildman–Crippen LogP) is 1.96. The van der Waals surface area contributed by atoms with Gasteiger partial charge in [-0.2, -0.15) is 0 Å². The molecule has 0 radical (unpaired) electrons. The highest BCUT2D eigenvalue weighted by Crippen LogP contribution is 2.32. The zero-order valence-electron chi connectivity index (χ0n) is 10.6. The Morgan fingerprint density at radius 1 is 1.12 bits per heavy atom. The molecule has 1 aliphatic carbocycles. The molecule has 2 heterocycles. The van der Waals surface area contributed by atoms with Crippen LogP contribution in [0.25, 0.3) is 0 Å². The van der Waals surface area contributed by atoms with Crippen molar-refractivity contribution < 1.29 is 0 Å². The lowest BCUT2D eigenvalue weighted by atomic mass is 9.82. The Hall–Kier alpha value is -0.0800. The molecule has 0 amide bonds. The summed E-state index contributed by atoms with van der Waals surface area (Å²) in [5.41, 5.74) is 0. The zero-order chi connectivity index (χ0) is 11.0. The number of likely N-dealkylation sites (tertiary alicyclic amines) is 1. The monoisotopic (exact) mass is 222 g/mol. The molecule has 0 aromatic rings. The van der Waals surface area contributed by atoms with Crippen molar-refractivity contribution in [2.45, 2.75) is 32.6 Å². The Balaban J connectivity index is 1.48. The third-order valence-electron chi connectivity index (χ3n) is 5.03. The van der Waals surface area contributed by atoms with E-state index in [1.807, 2.05) is 0 Å². The van der Waals surface area contributed by atoms with Gasteiger partial charge in [0.2, 0.25) is 0 Å². The summed E-state index contributed by atoms with van der Waals surface area (Å²) in [6.45, 7) is 9.15. The minimum Gasteiger partial charge on any atom is -0.316 e. The fourth-order valence-corrected chi connectivity index (χ4v) is 4.19. The molecule has 2 nitrogen and oxygen atoms in total. The molecule has 3 aliphatic rings. The Morgan fingerprint density at radius 3 is 2.56 bits per heavy atom. The normalized spacial score (nSPS) is 44.8. The van der Waals surface area contributed by atoms with Crippen molar-refractivity contribution in [1.29, 1.82) is 0 Å². The minimum atomic E-state index is 0.973. The second-order valence-corrected chi connectivity index (χ2v) is 6.53. The van der Waals surface area contributed by atoms with Gasteiger partial charge in [-0.05, 0) is 49.6 Å². The van der Waals surface area contributed by atoms with Gasteiger partial charge < -0.3 is 10.2 Å². The molecule has 4 unspecified atom stereocenters. The number of hydrogen-bond donors (Lipinski definition) is 1. The largest absolute Gasteiger partial charge is 0.316 e. The van der Waals surface area contributed by atoms with Crippen LogP contribution in [0.3, 0.4) is 0 Å². The standard InChI is InChI=1S/C14H26N2/c1-11-3-2-4-12(5-11)8-16-9-13-6-15-7-14(13)10-16/h11-15H,2-10H2,1H3. The van der Waals surface area contributed by atoms with Crippen molar-refractivity contribution in [3.05, 3.63) is 0 Å². The third kappa shape index (κ3) is 2.28. The number of rotatable bonds is 2. The van der Waals surface area contributed by atoms with Gasteiger partial charge in [0.25, 0.3) is 0 Å².